The molecule has 0 aromatic carbocycles. The molecule has 3 aliphatic rings. The van der Waals surface area contributed by atoms with Gasteiger partial charge in [-0.3, -0.25) is 5.10 Å². The van der Waals surface area contributed by atoms with Crippen LogP contribution < -0.4 is 10.2 Å². The molecule has 3 fully saturated rings. The fraction of sp³-hybridized carbons (Fsp3) is 0.867. The van der Waals surface area contributed by atoms with Crippen molar-refractivity contribution in [2.24, 2.45) is 11.8 Å². The number of rotatable bonds is 2. The lowest BCUT2D eigenvalue weighted by atomic mass is 9.88. The smallest absolute Gasteiger partial charge is 0.244 e. The fourth-order valence-electron chi connectivity index (χ4n) is 4.64. The second kappa shape index (κ2) is 4.72. The van der Waals surface area contributed by atoms with E-state index in [2.05, 4.69) is 34.3 Å². The summed E-state index contributed by atoms with van der Waals surface area (Å²) < 4.78 is 0. The molecular formula is C15H25N5. The van der Waals surface area contributed by atoms with Gasteiger partial charge in [-0.1, -0.05) is 6.42 Å². The third kappa shape index (κ3) is 2.12. The number of hydrogen-bond donors (Lipinski definition) is 2. The standard InChI is InChI=1S/C15H25N5/c1-9-7-20(8-10(2)16-9)15-17-14(18-19-15)13-6-11-3-4-12(13)5-11/h9-13,16H,3-8H2,1-2H3,(H,17,18,19). The molecule has 1 aromatic rings. The molecule has 0 amide bonds. The van der Waals surface area contributed by atoms with Crippen molar-refractivity contribution < 1.29 is 0 Å². The van der Waals surface area contributed by atoms with Crippen LogP contribution in [0.5, 0.6) is 0 Å². The van der Waals surface area contributed by atoms with Crippen molar-refractivity contribution in [2.75, 3.05) is 18.0 Å². The number of nitrogens with one attached hydrogen (secondary N) is 2. The third-order valence-corrected chi connectivity index (χ3v) is 5.42. The van der Waals surface area contributed by atoms with Gasteiger partial charge in [0.25, 0.3) is 0 Å². The molecule has 1 saturated heterocycles. The molecule has 20 heavy (non-hydrogen) atoms. The van der Waals surface area contributed by atoms with Crippen LogP contribution in [0.2, 0.25) is 0 Å². The van der Waals surface area contributed by atoms with Crippen LogP contribution in [0.15, 0.2) is 0 Å². The average Bonchev–Trinajstić information content (AvgIpc) is 3.13. The van der Waals surface area contributed by atoms with Gasteiger partial charge in [-0.25, -0.2) is 0 Å². The summed E-state index contributed by atoms with van der Waals surface area (Å²) in [6.07, 6.45) is 5.58. The van der Waals surface area contributed by atoms with Gasteiger partial charge < -0.3 is 10.2 Å². The molecular weight excluding hydrogens is 250 g/mol. The molecule has 5 unspecified atom stereocenters. The highest BCUT2D eigenvalue weighted by Gasteiger charge is 2.42. The molecule has 2 bridgehead atoms. The van der Waals surface area contributed by atoms with Crippen LogP contribution in [0.25, 0.3) is 0 Å². The van der Waals surface area contributed by atoms with Gasteiger partial charge in [0, 0.05) is 31.1 Å². The largest absolute Gasteiger partial charge is 0.336 e. The number of fused-ring (bicyclic) bond motifs is 2. The van der Waals surface area contributed by atoms with E-state index in [0.29, 0.717) is 18.0 Å². The van der Waals surface area contributed by atoms with Gasteiger partial charge >= 0.3 is 0 Å². The van der Waals surface area contributed by atoms with Crippen molar-refractivity contribution in [2.45, 2.75) is 57.5 Å². The second-order valence-electron chi connectivity index (χ2n) is 7.18. The highest BCUT2D eigenvalue weighted by atomic mass is 15.4. The first-order valence-corrected chi connectivity index (χ1v) is 8.12. The Hall–Kier alpha value is -1.10. The summed E-state index contributed by atoms with van der Waals surface area (Å²) in [6.45, 7) is 6.45. The van der Waals surface area contributed by atoms with Crippen LogP contribution in [0.3, 0.4) is 0 Å². The molecule has 2 heterocycles. The van der Waals surface area contributed by atoms with Crippen molar-refractivity contribution in [1.82, 2.24) is 20.5 Å². The molecule has 0 spiro atoms. The molecule has 2 saturated carbocycles. The molecule has 1 aromatic heterocycles. The Morgan fingerprint density at radius 1 is 1.10 bits per heavy atom. The number of hydrogen-bond acceptors (Lipinski definition) is 4. The SMILES string of the molecule is CC1CN(c2n[nH]c(C3CC4CCC3C4)n2)CC(C)N1. The van der Waals surface area contributed by atoms with Crippen molar-refractivity contribution in [3.63, 3.8) is 0 Å². The summed E-state index contributed by atoms with van der Waals surface area (Å²) in [7, 11) is 0. The number of nitrogens with zero attached hydrogens (tertiary/aromatic N) is 3. The van der Waals surface area contributed by atoms with E-state index in [0.717, 1.165) is 36.7 Å². The highest BCUT2D eigenvalue weighted by Crippen LogP contribution is 2.52. The predicted molar refractivity (Wildman–Crippen MR) is 78.8 cm³/mol. The summed E-state index contributed by atoms with van der Waals surface area (Å²) in [5, 5.41) is 11.3. The minimum absolute atomic E-state index is 0.503. The van der Waals surface area contributed by atoms with Crippen LogP contribution in [0.1, 0.15) is 51.3 Å². The molecule has 0 radical (unpaired) electrons. The fourth-order valence-corrected chi connectivity index (χ4v) is 4.64. The lowest BCUT2D eigenvalue weighted by molar-refractivity contribution is 0.401. The number of H-pyrrole nitrogens is 1. The maximum atomic E-state index is 4.84. The molecule has 5 atom stereocenters. The maximum absolute atomic E-state index is 4.84. The van der Waals surface area contributed by atoms with E-state index in [1.165, 1.54) is 25.7 Å². The van der Waals surface area contributed by atoms with E-state index in [1.54, 1.807) is 0 Å². The van der Waals surface area contributed by atoms with Crippen LogP contribution in [0, 0.1) is 11.8 Å². The summed E-state index contributed by atoms with van der Waals surface area (Å²) >= 11 is 0. The predicted octanol–water partition coefficient (Wildman–Crippen LogP) is 1.89. The molecule has 5 nitrogen and oxygen atoms in total. The first kappa shape index (κ1) is 12.6. The van der Waals surface area contributed by atoms with E-state index in [9.17, 15) is 0 Å². The average molecular weight is 275 g/mol. The van der Waals surface area contributed by atoms with Crippen molar-refractivity contribution >= 4 is 5.95 Å². The monoisotopic (exact) mass is 275 g/mol. The minimum atomic E-state index is 0.503. The topological polar surface area (TPSA) is 56.8 Å². The summed E-state index contributed by atoms with van der Waals surface area (Å²) in [6, 6.07) is 1.01. The van der Waals surface area contributed by atoms with Gasteiger partial charge in [0.05, 0.1) is 0 Å². The van der Waals surface area contributed by atoms with Crippen LogP contribution in [-0.4, -0.2) is 40.4 Å². The normalized spacial score (nSPS) is 40.5. The van der Waals surface area contributed by atoms with Crippen molar-refractivity contribution in [1.29, 1.82) is 0 Å². The van der Waals surface area contributed by atoms with Crippen molar-refractivity contribution in [3.8, 4) is 0 Å². The van der Waals surface area contributed by atoms with Crippen molar-refractivity contribution in [3.05, 3.63) is 5.82 Å². The van der Waals surface area contributed by atoms with Gasteiger partial charge in [0.2, 0.25) is 5.95 Å². The Labute approximate surface area is 120 Å². The van der Waals surface area contributed by atoms with E-state index in [-0.39, 0.29) is 0 Å². The van der Waals surface area contributed by atoms with Crippen LogP contribution in [0.4, 0.5) is 5.95 Å². The maximum Gasteiger partial charge on any atom is 0.244 e. The van der Waals surface area contributed by atoms with E-state index < -0.39 is 0 Å². The zero-order valence-corrected chi connectivity index (χ0v) is 12.5. The molecule has 2 aliphatic carbocycles. The summed E-state index contributed by atoms with van der Waals surface area (Å²) in [4.78, 5) is 7.15. The number of anilines is 1. The van der Waals surface area contributed by atoms with E-state index >= 15 is 0 Å². The van der Waals surface area contributed by atoms with Gasteiger partial charge in [-0.2, -0.15) is 4.98 Å². The highest BCUT2D eigenvalue weighted by molar-refractivity contribution is 5.31. The number of piperazine rings is 1. The lowest BCUT2D eigenvalue weighted by Gasteiger charge is -2.35. The molecule has 110 valence electrons. The van der Waals surface area contributed by atoms with Gasteiger partial charge in [-0.05, 0) is 44.9 Å². The zero-order valence-electron chi connectivity index (χ0n) is 12.5. The van der Waals surface area contributed by atoms with E-state index in [1.807, 2.05) is 0 Å². The van der Waals surface area contributed by atoms with Crippen LogP contribution >= 0.6 is 0 Å². The lowest BCUT2D eigenvalue weighted by Crippen LogP contribution is -2.54. The Morgan fingerprint density at radius 3 is 2.55 bits per heavy atom. The first-order valence-electron chi connectivity index (χ1n) is 8.12. The van der Waals surface area contributed by atoms with Gasteiger partial charge in [0.1, 0.15) is 5.82 Å². The number of aromatic nitrogens is 3. The molecule has 2 N–H and O–H groups in total. The van der Waals surface area contributed by atoms with Crippen LogP contribution in [-0.2, 0) is 0 Å². The number of aromatic amines is 1. The first-order chi connectivity index (χ1) is 9.69. The second-order valence-corrected chi connectivity index (χ2v) is 7.18. The quantitative estimate of drug-likeness (QED) is 0.865. The molecule has 5 heteroatoms. The van der Waals surface area contributed by atoms with E-state index in [4.69, 9.17) is 4.98 Å². The summed E-state index contributed by atoms with van der Waals surface area (Å²) in [5.41, 5.74) is 0. The molecule has 1 aliphatic heterocycles. The van der Waals surface area contributed by atoms with Gasteiger partial charge in [0.15, 0.2) is 0 Å². The molecule has 4 rings (SSSR count). The Morgan fingerprint density at radius 2 is 1.90 bits per heavy atom. The van der Waals surface area contributed by atoms with Gasteiger partial charge in [-0.15, -0.1) is 5.10 Å². The zero-order chi connectivity index (χ0) is 13.7. The minimum Gasteiger partial charge on any atom is -0.336 e. The Balaban J connectivity index is 1.50. The Bertz CT molecular complexity index is 474. The third-order valence-electron chi connectivity index (χ3n) is 5.42. The Kier molecular flexibility index (Phi) is 2.98. The summed E-state index contributed by atoms with van der Waals surface area (Å²) in [5.74, 6) is 4.52.